The predicted molar refractivity (Wildman–Crippen MR) is 97.2 cm³/mol. The van der Waals surface area contributed by atoms with Crippen molar-refractivity contribution in [3.05, 3.63) is 35.4 Å². The minimum Gasteiger partial charge on any atom is -0.380 e. The lowest BCUT2D eigenvalue weighted by molar-refractivity contribution is -0.123. The van der Waals surface area contributed by atoms with Crippen LogP contribution in [0.1, 0.15) is 42.6 Å². The van der Waals surface area contributed by atoms with Crippen LogP contribution in [0.5, 0.6) is 0 Å². The second-order valence-corrected chi connectivity index (χ2v) is 5.56. The second-order valence-electron chi connectivity index (χ2n) is 5.56. The van der Waals surface area contributed by atoms with Crippen LogP contribution in [0.2, 0.25) is 0 Å². The number of halogens is 1. The molecule has 0 aliphatic heterocycles. The molecule has 4 N–H and O–H groups in total. The van der Waals surface area contributed by atoms with E-state index in [1.807, 2.05) is 26.0 Å². The van der Waals surface area contributed by atoms with Crippen molar-refractivity contribution in [2.75, 3.05) is 13.7 Å². The highest BCUT2D eigenvalue weighted by Gasteiger charge is 2.12. The van der Waals surface area contributed by atoms with E-state index in [9.17, 15) is 9.59 Å². The fourth-order valence-corrected chi connectivity index (χ4v) is 1.97. The van der Waals surface area contributed by atoms with E-state index in [1.165, 1.54) is 7.11 Å². The summed E-state index contributed by atoms with van der Waals surface area (Å²) in [5.74, 6) is -0.230. The monoisotopic (exact) mass is 357 g/mol. The van der Waals surface area contributed by atoms with E-state index in [0.29, 0.717) is 18.7 Å². The molecule has 2 unspecified atom stereocenters. The molecule has 0 saturated carbocycles. The van der Waals surface area contributed by atoms with Gasteiger partial charge in [0.1, 0.15) is 0 Å². The van der Waals surface area contributed by atoms with Gasteiger partial charge >= 0.3 is 0 Å². The third-order valence-electron chi connectivity index (χ3n) is 3.68. The number of nitrogens with two attached hydrogens (primary N) is 1. The van der Waals surface area contributed by atoms with Gasteiger partial charge in [-0.2, -0.15) is 0 Å². The van der Waals surface area contributed by atoms with Gasteiger partial charge in [-0.05, 0) is 31.0 Å². The van der Waals surface area contributed by atoms with Gasteiger partial charge in [-0.1, -0.05) is 19.1 Å². The van der Waals surface area contributed by atoms with Crippen molar-refractivity contribution in [1.29, 1.82) is 0 Å². The van der Waals surface area contributed by atoms with Crippen LogP contribution in [0.25, 0.3) is 0 Å². The van der Waals surface area contributed by atoms with Crippen LogP contribution >= 0.6 is 12.4 Å². The number of nitrogens with one attached hydrogen (secondary N) is 2. The Morgan fingerprint density at radius 3 is 2.62 bits per heavy atom. The lowest BCUT2D eigenvalue weighted by atomic mass is 10.1. The van der Waals surface area contributed by atoms with Crippen LogP contribution in [0.3, 0.4) is 0 Å². The van der Waals surface area contributed by atoms with Gasteiger partial charge in [-0.15, -0.1) is 12.4 Å². The Hall–Kier alpha value is -1.63. The maximum absolute atomic E-state index is 12.1. The van der Waals surface area contributed by atoms with Gasteiger partial charge in [0.05, 0.1) is 12.5 Å². The number of carbonyl (C=O) groups is 2. The van der Waals surface area contributed by atoms with Crippen LogP contribution in [-0.2, 0) is 16.1 Å². The van der Waals surface area contributed by atoms with E-state index in [1.54, 1.807) is 12.1 Å². The van der Waals surface area contributed by atoms with E-state index >= 15 is 0 Å². The van der Waals surface area contributed by atoms with Gasteiger partial charge in [0, 0.05) is 31.8 Å². The first-order chi connectivity index (χ1) is 11.0. The number of carbonyl (C=O) groups excluding carboxylic acids is 2. The van der Waals surface area contributed by atoms with Crippen LogP contribution in [-0.4, -0.2) is 37.6 Å². The number of hydrogen-bond acceptors (Lipinski definition) is 4. The Morgan fingerprint density at radius 1 is 1.33 bits per heavy atom. The van der Waals surface area contributed by atoms with Gasteiger partial charge in [0.25, 0.3) is 5.91 Å². The van der Waals surface area contributed by atoms with Crippen molar-refractivity contribution < 1.29 is 14.3 Å². The van der Waals surface area contributed by atoms with E-state index in [4.69, 9.17) is 10.5 Å². The lowest BCUT2D eigenvalue weighted by Gasteiger charge is -2.13. The standard InChI is InChI=1S/C17H27N3O3.ClH/c1-4-12(2)20-17(22)14-7-5-6-13(8-14)11-19-16(21)9-15(10-18)23-3;/h5-8,12,15H,4,9-11,18H2,1-3H3,(H,19,21)(H,20,22);1H. The number of ether oxygens (including phenoxy) is 1. The molecule has 6 nitrogen and oxygen atoms in total. The van der Waals surface area contributed by atoms with Crippen molar-refractivity contribution in [3.63, 3.8) is 0 Å². The van der Waals surface area contributed by atoms with E-state index < -0.39 is 0 Å². The molecule has 7 heteroatoms. The molecule has 0 radical (unpaired) electrons. The quantitative estimate of drug-likeness (QED) is 0.626. The lowest BCUT2D eigenvalue weighted by Crippen LogP contribution is -2.32. The summed E-state index contributed by atoms with van der Waals surface area (Å²) in [6.45, 7) is 4.65. The maximum Gasteiger partial charge on any atom is 0.251 e. The molecule has 1 aromatic carbocycles. The molecule has 0 saturated heterocycles. The number of benzene rings is 1. The smallest absolute Gasteiger partial charge is 0.251 e. The summed E-state index contributed by atoms with van der Waals surface area (Å²) < 4.78 is 5.08. The first kappa shape index (κ1) is 22.4. The largest absolute Gasteiger partial charge is 0.380 e. The highest BCUT2D eigenvalue weighted by atomic mass is 35.5. The summed E-state index contributed by atoms with van der Waals surface area (Å²) in [7, 11) is 1.53. The molecule has 136 valence electrons. The van der Waals surface area contributed by atoms with Crippen LogP contribution in [0, 0.1) is 0 Å². The van der Waals surface area contributed by atoms with Crippen molar-refractivity contribution >= 4 is 24.2 Å². The van der Waals surface area contributed by atoms with Gasteiger partial charge in [-0.3, -0.25) is 9.59 Å². The molecule has 1 rings (SSSR count). The molecule has 24 heavy (non-hydrogen) atoms. The number of amides is 2. The first-order valence-electron chi connectivity index (χ1n) is 7.89. The number of hydrogen-bond donors (Lipinski definition) is 3. The second kappa shape index (κ2) is 11.8. The zero-order valence-electron chi connectivity index (χ0n) is 14.5. The average molecular weight is 358 g/mol. The van der Waals surface area contributed by atoms with Crippen molar-refractivity contribution in [2.24, 2.45) is 5.73 Å². The fourth-order valence-electron chi connectivity index (χ4n) is 1.97. The molecule has 0 heterocycles. The summed E-state index contributed by atoms with van der Waals surface area (Å²) in [6, 6.07) is 7.36. The maximum atomic E-state index is 12.1. The van der Waals surface area contributed by atoms with Crippen LogP contribution in [0.4, 0.5) is 0 Å². The number of rotatable bonds is 9. The van der Waals surface area contributed by atoms with Gasteiger partial charge < -0.3 is 21.1 Å². The number of methoxy groups -OCH3 is 1. The summed E-state index contributed by atoms with van der Waals surface area (Å²) in [4.78, 5) is 23.9. The minimum absolute atomic E-state index is 0. The van der Waals surface area contributed by atoms with E-state index in [0.717, 1.165) is 12.0 Å². The van der Waals surface area contributed by atoms with E-state index in [-0.39, 0.29) is 42.8 Å². The molecule has 2 atom stereocenters. The molecular formula is C17H28ClN3O3. The Kier molecular flexibility index (Phi) is 11.0. The minimum atomic E-state index is -0.275. The van der Waals surface area contributed by atoms with Gasteiger partial charge in [-0.25, -0.2) is 0 Å². The average Bonchev–Trinajstić information content (AvgIpc) is 2.57. The van der Waals surface area contributed by atoms with Crippen molar-refractivity contribution in [2.45, 2.75) is 45.4 Å². The first-order valence-corrected chi connectivity index (χ1v) is 7.89. The summed E-state index contributed by atoms with van der Waals surface area (Å²) in [5.41, 5.74) is 6.96. The summed E-state index contributed by atoms with van der Waals surface area (Å²) >= 11 is 0. The predicted octanol–water partition coefficient (Wildman–Crippen LogP) is 1.62. The van der Waals surface area contributed by atoms with Crippen molar-refractivity contribution in [1.82, 2.24) is 10.6 Å². The zero-order chi connectivity index (χ0) is 17.2. The molecule has 0 aliphatic carbocycles. The topological polar surface area (TPSA) is 93.5 Å². The highest BCUT2D eigenvalue weighted by molar-refractivity contribution is 5.94. The zero-order valence-corrected chi connectivity index (χ0v) is 15.3. The molecule has 0 aromatic heterocycles. The summed E-state index contributed by atoms with van der Waals surface area (Å²) in [6.07, 6.45) is 0.826. The Morgan fingerprint density at radius 2 is 2.04 bits per heavy atom. The third kappa shape index (κ3) is 7.77. The molecule has 0 spiro atoms. The Bertz CT molecular complexity index is 522. The molecule has 0 aliphatic rings. The van der Waals surface area contributed by atoms with Crippen LogP contribution in [0.15, 0.2) is 24.3 Å². The van der Waals surface area contributed by atoms with Gasteiger partial charge in [0.2, 0.25) is 5.91 Å². The summed E-state index contributed by atoms with van der Waals surface area (Å²) in [5, 5.41) is 5.73. The van der Waals surface area contributed by atoms with Gasteiger partial charge in [0.15, 0.2) is 0 Å². The van der Waals surface area contributed by atoms with Crippen molar-refractivity contribution in [3.8, 4) is 0 Å². The molecule has 2 amide bonds. The highest BCUT2D eigenvalue weighted by Crippen LogP contribution is 2.06. The Balaban J connectivity index is 0.00000529. The normalized spacial score (nSPS) is 12.7. The SMILES string of the molecule is CCC(C)NC(=O)c1cccc(CNC(=O)CC(CN)OC)c1.Cl. The van der Waals surface area contributed by atoms with Crippen LogP contribution < -0.4 is 16.4 Å². The fraction of sp³-hybridized carbons (Fsp3) is 0.529. The Labute approximate surface area is 149 Å². The molecular weight excluding hydrogens is 330 g/mol. The molecule has 1 aromatic rings. The third-order valence-corrected chi connectivity index (χ3v) is 3.68. The molecule has 0 bridgehead atoms. The molecule has 0 fully saturated rings. The van der Waals surface area contributed by atoms with E-state index in [2.05, 4.69) is 10.6 Å².